The minimum absolute atomic E-state index is 0.0141. The van der Waals surface area contributed by atoms with Crippen molar-refractivity contribution < 1.29 is 54.9 Å². The van der Waals surface area contributed by atoms with Gasteiger partial charge in [-0.2, -0.15) is 26.3 Å². The minimum atomic E-state index is -5.17. The Hall–Kier alpha value is -3.90. The molecule has 0 spiro atoms. The van der Waals surface area contributed by atoms with Crippen LogP contribution in [0.3, 0.4) is 0 Å². The third-order valence-electron chi connectivity index (χ3n) is 6.76. The molecule has 0 amide bonds. The van der Waals surface area contributed by atoms with Crippen LogP contribution in [-0.4, -0.2) is 56.8 Å². The molecule has 6 nitrogen and oxygen atoms in total. The Bertz CT molecular complexity index is 1340. The average molecular weight is 580 g/mol. The molecule has 0 aromatic heterocycles. The van der Waals surface area contributed by atoms with E-state index in [1.165, 1.54) is 0 Å². The van der Waals surface area contributed by atoms with Crippen LogP contribution in [0.1, 0.15) is 43.0 Å². The minimum Gasteiger partial charge on any atom is -0.459 e. The number of hydrogen-bond acceptors (Lipinski definition) is 6. The number of halogens is 6. The molecule has 41 heavy (non-hydrogen) atoms. The summed E-state index contributed by atoms with van der Waals surface area (Å²) in [6.45, 7) is 0.838. The highest BCUT2D eigenvalue weighted by Crippen LogP contribution is 2.52. The van der Waals surface area contributed by atoms with E-state index in [4.69, 9.17) is 18.9 Å². The fourth-order valence-corrected chi connectivity index (χ4v) is 4.46. The Morgan fingerprint density at radius 1 is 0.659 bits per heavy atom. The number of hydrogen-bond donors (Lipinski definition) is 0. The molecule has 0 aliphatic carbocycles. The third-order valence-corrected chi connectivity index (χ3v) is 6.76. The normalized spacial score (nSPS) is 19.7. The predicted octanol–water partition coefficient (Wildman–Crippen LogP) is 5.71. The molecule has 216 valence electrons. The number of rotatable bonds is 9. The number of esters is 2. The van der Waals surface area contributed by atoms with Crippen molar-refractivity contribution in [2.45, 2.75) is 30.0 Å². The first-order valence-corrected chi connectivity index (χ1v) is 12.4. The topological polar surface area (TPSA) is 77.7 Å². The molecule has 2 unspecified atom stereocenters. The number of ether oxygens (including phenoxy) is 4. The summed E-state index contributed by atoms with van der Waals surface area (Å²) in [7, 11) is 0. The van der Waals surface area contributed by atoms with Crippen LogP contribution in [0.4, 0.5) is 26.3 Å². The molecule has 0 radical (unpaired) electrons. The van der Waals surface area contributed by atoms with Crippen LogP contribution in [0.5, 0.6) is 0 Å². The monoisotopic (exact) mass is 580 g/mol. The van der Waals surface area contributed by atoms with Gasteiger partial charge >= 0.3 is 24.3 Å². The Morgan fingerprint density at radius 2 is 1.07 bits per heavy atom. The first-order valence-electron chi connectivity index (χ1n) is 12.4. The molecule has 2 atom stereocenters. The van der Waals surface area contributed by atoms with Gasteiger partial charge in [-0.1, -0.05) is 42.5 Å². The zero-order valence-electron chi connectivity index (χ0n) is 21.1. The maximum absolute atomic E-state index is 15.3. The maximum atomic E-state index is 15.3. The van der Waals surface area contributed by atoms with Gasteiger partial charge in [0.2, 0.25) is 0 Å². The van der Waals surface area contributed by atoms with Crippen LogP contribution >= 0.6 is 0 Å². The van der Waals surface area contributed by atoms with Gasteiger partial charge in [-0.25, -0.2) is 9.59 Å². The maximum Gasteiger partial charge on any atom is 0.416 e. The number of benzene rings is 3. The third kappa shape index (κ3) is 6.08. The predicted molar refractivity (Wildman–Crippen MR) is 130 cm³/mol. The van der Waals surface area contributed by atoms with E-state index in [9.17, 15) is 22.8 Å². The van der Waals surface area contributed by atoms with Crippen molar-refractivity contribution >= 4 is 11.9 Å². The van der Waals surface area contributed by atoms with Crippen LogP contribution < -0.4 is 0 Å². The molecule has 2 aliphatic rings. The zero-order chi connectivity index (χ0) is 29.4. The number of alkyl halides is 6. The van der Waals surface area contributed by atoms with E-state index in [0.717, 1.165) is 60.7 Å². The molecule has 3 aromatic rings. The summed E-state index contributed by atoms with van der Waals surface area (Å²) in [4.78, 5) is 24.7. The Labute approximate surface area is 229 Å². The van der Waals surface area contributed by atoms with Crippen LogP contribution in [0.15, 0.2) is 72.8 Å². The largest absolute Gasteiger partial charge is 0.459 e. The molecule has 0 N–H and O–H groups in total. The van der Waals surface area contributed by atoms with Crippen LogP contribution in [0, 0.1) is 0 Å². The summed E-state index contributed by atoms with van der Waals surface area (Å²) in [6.07, 6.45) is -10.5. The van der Waals surface area contributed by atoms with Crippen molar-refractivity contribution in [1.82, 2.24) is 0 Å². The average Bonchev–Trinajstić information content (AvgIpc) is 3.86. The van der Waals surface area contributed by atoms with E-state index in [2.05, 4.69) is 0 Å². The van der Waals surface area contributed by atoms with Gasteiger partial charge in [-0.05, 0) is 47.0 Å². The second-order valence-corrected chi connectivity index (χ2v) is 9.59. The van der Waals surface area contributed by atoms with E-state index in [1.54, 1.807) is 0 Å². The Morgan fingerprint density at radius 3 is 1.44 bits per heavy atom. The molecular weight excluding hydrogens is 558 g/mol. The van der Waals surface area contributed by atoms with Gasteiger partial charge in [0.25, 0.3) is 0 Å². The Balaban J connectivity index is 1.59. The molecule has 5 rings (SSSR count). The highest BCUT2D eigenvalue weighted by atomic mass is 19.4. The number of carbonyl (C=O) groups is 2. The summed E-state index contributed by atoms with van der Waals surface area (Å²) in [5.41, 5.74) is -6.08. The standard InChI is InChI=1S/C29H22F6O6/c30-28(31,32)22-3-1-2-21(12-22)27(29(33,34)35,19-8-4-17(5-9-19)25(36)40-15-23-13-38-23)20-10-6-18(7-11-20)26(37)41-16-24-14-39-24/h1-12,23-24H,13-16H2. The fourth-order valence-electron chi connectivity index (χ4n) is 4.46. The molecule has 2 aliphatic heterocycles. The van der Waals surface area contributed by atoms with Crippen LogP contribution in [0.25, 0.3) is 0 Å². The second kappa shape index (κ2) is 10.8. The molecular formula is C29H22F6O6. The zero-order valence-corrected chi connectivity index (χ0v) is 21.1. The van der Waals surface area contributed by atoms with Crippen molar-refractivity contribution in [3.63, 3.8) is 0 Å². The van der Waals surface area contributed by atoms with E-state index < -0.39 is 52.0 Å². The first kappa shape index (κ1) is 28.6. The molecule has 0 saturated carbocycles. The number of epoxide rings is 2. The summed E-state index contributed by atoms with van der Waals surface area (Å²) in [5, 5.41) is 0. The lowest BCUT2D eigenvalue weighted by atomic mass is 9.68. The summed E-state index contributed by atoms with van der Waals surface area (Å²) in [5.74, 6) is -1.58. The van der Waals surface area contributed by atoms with Gasteiger partial charge in [0.15, 0.2) is 0 Å². The van der Waals surface area contributed by atoms with E-state index in [1.807, 2.05) is 0 Å². The molecule has 2 fully saturated rings. The summed E-state index contributed by atoms with van der Waals surface area (Å²) in [6, 6.07) is 11.5. The molecule has 12 heteroatoms. The van der Waals surface area contributed by atoms with Crippen molar-refractivity contribution in [2.24, 2.45) is 0 Å². The van der Waals surface area contributed by atoms with Crippen molar-refractivity contribution in [3.05, 3.63) is 106 Å². The highest BCUT2D eigenvalue weighted by molar-refractivity contribution is 5.90. The van der Waals surface area contributed by atoms with Crippen molar-refractivity contribution in [3.8, 4) is 0 Å². The van der Waals surface area contributed by atoms with E-state index in [-0.39, 0.29) is 36.5 Å². The van der Waals surface area contributed by atoms with Gasteiger partial charge in [0.1, 0.15) is 30.8 Å². The highest BCUT2D eigenvalue weighted by Gasteiger charge is 2.58. The SMILES string of the molecule is O=C(OCC1CO1)c1ccc(C(c2ccc(C(=O)OCC3CO3)cc2)(c2cccc(C(F)(F)F)c2)C(F)(F)F)cc1. The lowest BCUT2D eigenvalue weighted by Crippen LogP contribution is -2.44. The van der Waals surface area contributed by atoms with Gasteiger partial charge in [-0.3, -0.25) is 0 Å². The summed E-state index contributed by atoms with van der Waals surface area (Å²) >= 11 is 0. The second-order valence-electron chi connectivity index (χ2n) is 9.59. The Kier molecular flexibility index (Phi) is 7.56. The molecule has 2 saturated heterocycles. The van der Waals surface area contributed by atoms with Gasteiger partial charge in [0, 0.05) is 0 Å². The molecule has 3 aromatic carbocycles. The molecule has 0 bridgehead atoms. The first-order chi connectivity index (χ1) is 19.4. The fraction of sp³-hybridized carbons (Fsp3) is 0.310. The number of carbonyl (C=O) groups excluding carboxylic acids is 2. The van der Waals surface area contributed by atoms with E-state index in [0.29, 0.717) is 25.3 Å². The van der Waals surface area contributed by atoms with Gasteiger partial charge < -0.3 is 18.9 Å². The summed E-state index contributed by atoms with van der Waals surface area (Å²) < 4.78 is 107. The lowest BCUT2D eigenvalue weighted by molar-refractivity contribution is -0.167. The smallest absolute Gasteiger partial charge is 0.416 e. The van der Waals surface area contributed by atoms with Crippen LogP contribution in [0.2, 0.25) is 0 Å². The quantitative estimate of drug-likeness (QED) is 0.140. The van der Waals surface area contributed by atoms with Crippen LogP contribution in [-0.2, 0) is 30.5 Å². The molecule has 2 heterocycles. The van der Waals surface area contributed by atoms with Crippen molar-refractivity contribution in [1.29, 1.82) is 0 Å². The van der Waals surface area contributed by atoms with Crippen molar-refractivity contribution in [2.75, 3.05) is 26.4 Å². The van der Waals surface area contributed by atoms with E-state index >= 15 is 13.2 Å². The van der Waals surface area contributed by atoms with Gasteiger partial charge in [0.05, 0.1) is 29.9 Å². The van der Waals surface area contributed by atoms with Gasteiger partial charge in [-0.15, -0.1) is 0 Å². The lowest BCUT2D eigenvalue weighted by Gasteiger charge is -2.38.